The Morgan fingerprint density at radius 2 is 1.56 bits per heavy atom. The number of fused-ring (bicyclic) bond motifs is 1. The first kappa shape index (κ1) is 32.6. The molecular formula is C30H42O3Y-2. The molecule has 185 valence electrons. The van der Waals surface area contributed by atoms with Crippen LogP contribution in [0.4, 0.5) is 0 Å². The van der Waals surface area contributed by atoms with Gasteiger partial charge in [-0.1, -0.05) is 48.5 Å². The molecule has 0 aliphatic carbocycles. The number of ether oxygens (including phenoxy) is 2. The van der Waals surface area contributed by atoms with Crippen molar-refractivity contribution in [3.63, 3.8) is 0 Å². The largest absolute Gasteiger partial charge is 0.496 e. The topological polar surface area (TPSA) is 35.5 Å². The number of ketones is 1. The van der Waals surface area contributed by atoms with Crippen LogP contribution in [-0.4, -0.2) is 18.5 Å². The Kier molecular flexibility index (Phi) is 13.6. The van der Waals surface area contributed by atoms with Gasteiger partial charge in [0.15, 0.2) is 5.78 Å². The molecule has 3 nitrogen and oxygen atoms in total. The summed E-state index contributed by atoms with van der Waals surface area (Å²) in [6.07, 6.45) is 1.91. The van der Waals surface area contributed by atoms with Gasteiger partial charge in [0.25, 0.3) is 0 Å². The number of allylic oxidation sites excluding steroid dienone is 1. The summed E-state index contributed by atoms with van der Waals surface area (Å²) in [6.45, 7) is 23.8. The van der Waals surface area contributed by atoms with Crippen molar-refractivity contribution in [2.24, 2.45) is 11.8 Å². The number of hydrogen-bond donors (Lipinski definition) is 0. The van der Waals surface area contributed by atoms with E-state index in [9.17, 15) is 4.79 Å². The first-order chi connectivity index (χ1) is 15.2. The van der Waals surface area contributed by atoms with Crippen molar-refractivity contribution in [1.29, 1.82) is 0 Å². The summed E-state index contributed by atoms with van der Waals surface area (Å²) in [5, 5.41) is 0. The fraction of sp³-hybridized carbons (Fsp3) is 0.467. The molecule has 0 bridgehead atoms. The third-order valence-corrected chi connectivity index (χ3v) is 5.01. The molecule has 1 aliphatic rings. The van der Waals surface area contributed by atoms with Gasteiger partial charge in [-0.2, -0.15) is 40.8 Å². The molecule has 4 heteroatoms. The molecule has 2 aromatic rings. The molecule has 0 N–H and O–H groups in total. The predicted molar refractivity (Wildman–Crippen MR) is 140 cm³/mol. The fourth-order valence-corrected chi connectivity index (χ4v) is 3.25. The van der Waals surface area contributed by atoms with Crippen molar-refractivity contribution in [1.82, 2.24) is 0 Å². The Bertz CT molecular complexity index is 982. The van der Waals surface area contributed by atoms with E-state index in [0.29, 0.717) is 5.92 Å². The Balaban J connectivity index is 0.000000647. The minimum Gasteiger partial charge on any atom is -0.496 e. The average Bonchev–Trinajstić information content (AvgIpc) is 2.68. The number of hydrogen-bond acceptors (Lipinski definition) is 3. The smallest absolute Gasteiger partial charge is 0.165 e. The maximum atomic E-state index is 12.5. The van der Waals surface area contributed by atoms with Gasteiger partial charge in [0.1, 0.15) is 17.1 Å². The SMILES string of the molecule is COc1cc2c(cc1C)OC(C)(C)C=C2C(=O)C(C)C.Cc1[c-]cc(C)c(C)c1.[CH2-]C(C)C.[Y]. The van der Waals surface area contributed by atoms with Crippen molar-refractivity contribution in [3.8, 4) is 11.5 Å². The van der Waals surface area contributed by atoms with E-state index in [1.807, 2.05) is 58.9 Å². The maximum absolute atomic E-state index is 12.5. The van der Waals surface area contributed by atoms with Gasteiger partial charge in [0, 0.05) is 49.8 Å². The van der Waals surface area contributed by atoms with Crippen LogP contribution in [-0.2, 0) is 37.5 Å². The second kappa shape index (κ2) is 14.2. The molecule has 0 unspecified atom stereocenters. The van der Waals surface area contributed by atoms with Gasteiger partial charge in [-0.05, 0) is 44.5 Å². The molecule has 0 saturated heterocycles. The Morgan fingerprint density at radius 1 is 1.00 bits per heavy atom. The third-order valence-electron chi connectivity index (χ3n) is 5.01. The minimum atomic E-state index is -0.478. The molecule has 34 heavy (non-hydrogen) atoms. The van der Waals surface area contributed by atoms with Gasteiger partial charge >= 0.3 is 0 Å². The first-order valence-electron chi connectivity index (χ1n) is 11.6. The third kappa shape index (κ3) is 10.0. The van der Waals surface area contributed by atoms with Gasteiger partial charge in [-0.3, -0.25) is 4.79 Å². The Hall–Kier alpha value is -1.45. The van der Waals surface area contributed by atoms with Crippen LogP contribution in [0.5, 0.6) is 11.5 Å². The van der Waals surface area contributed by atoms with Gasteiger partial charge in [0.2, 0.25) is 0 Å². The summed E-state index contributed by atoms with van der Waals surface area (Å²) in [7, 11) is 1.63. The number of carbonyl (C=O) groups excluding carboxylic acids is 1. The van der Waals surface area contributed by atoms with Crippen LogP contribution in [0.15, 0.2) is 30.3 Å². The van der Waals surface area contributed by atoms with Crippen LogP contribution in [0.25, 0.3) is 5.57 Å². The van der Waals surface area contributed by atoms with E-state index < -0.39 is 5.60 Å². The number of benzene rings is 2. The summed E-state index contributed by atoms with van der Waals surface area (Å²) in [4.78, 5) is 12.5. The van der Waals surface area contributed by atoms with Gasteiger partial charge in [-0.25, -0.2) is 0 Å². The van der Waals surface area contributed by atoms with Crippen molar-refractivity contribution >= 4 is 11.4 Å². The molecule has 1 heterocycles. The number of methoxy groups -OCH3 is 1. The Labute approximate surface area is 233 Å². The number of Topliss-reactive ketones (excluding diaryl/α,β-unsaturated/α-hetero) is 1. The van der Waals surface area contributed by atoms with Crippen LogP contribution in [0.3, 0.4) is 0 Å². The molecule has 0 fully saturated rings. The van der Waals surface area contributed by atoms with Crippen LogP contribution < -0.4 is 9.47 Å². The van der Waals surface area contributed by atoms with E-state index >= 15 is 0 Å². The average molecular weight is 540 g/mol. The summed E-state index contributed by atoms with van der Waals surface area (Å²) < 4.78 is 11.3. The monoisotopic (exact) mass is 539 g/mol. The standard InChI is InChI=1S/C17H22O3.C9H11.C4H9.Y/c1-10(2)16(18)13-9-17(4,5)20-15-7-11(3)14(19-6)8-12(13)15;1-7-4-5-8(2)9(3)6-7;1-4(2)3;/h7-10H,1-6H3;5-6H,1-3H3;4H,1H2,2-3H3;/q;2*-1;. The van der Waals surface area contributed by atoms with Crippen molar-refractivity contribution < 1.29 is 47.0 Å². The molecule has 0 atom stereocenters. The molecular weight excluding hydrogens is 497 g/mol. The summed E-state index contributed by atoms with van der Waals surface area (Å²) in [6, 6.07) is 11.2. The summed E-state index contributed by atoms with van der Waals surface area (Å²) in [5.74, 6) is 2.19. The van der Waals surface area contributed by atoms with Gasteiger partial charge < -0.3 is 16.4 Å². The molecule has 2 aromatic carbocycles. The van der Waals surface area contributed by atoms with E-state index in [-0.39, 0.29) is 44.4 Å². The van der Waals surface area contributed by atoms with Crippen LogP contribution in [0.1, 0.15) is 69.4 Å². The van der Waals surface area contributed by atoms with Crippen LogP contribution in [0, 0.1) is 52.5 Å². The molecule has 0 saturated carbocycles. The van der Waals surface area contributed by atoms with E-state index in [2.05, 4.69) is 53.7 Å². The summed E-state index contributed by atoms with van der Waals surface area (Å²) in [5.41, 5.74) is 5.97. The fourth-order valence-electron chi connectivity index (χ4n) is 3.25. The normalized spacial score (nSPS) is 13.2. The second-order valence-electron chi connectivity index (χ2n) is 9.98. The summed E-state index contributed by atoms with van der Waals surface area (Å²) >= 11 is 0. The number of aryl methyl sites for hydroxylation is 4. The van der Waals surface area contributed by atoms with E-state index in [1.165, 1.54) is 16.7 Å². The van der Waals surface area contributed by atoms with Crippen LogP contribution >= 0.6 is 0 Å². The quantitative estimate of drug-likeness (QED) is 0.376. The van der Waals surface area contributed by atoms with Crippen LogP contribution in [0.2, 0.25) is 0 Å². The zero-order chi connectivity index (χ0) is 25.5. The zero-order valence-electron chi connectivity index (χ0n) is 23.1. The maximum Gasteiger partial charge on any atom is 0.165 e. The van der Waals surface area contributed by atoms with Crippen molar-refractivity contribution in [2.45, 2.75) is 74.8 Å². The zero-order valence-corrected chi connectivity index (χ0v) is 25.9. The van der Waals surface area contributed by atoms with Gasteiger partial charge in [-0.15, -0.1) is 0 Å². The van der Waals surface area contributed by atoms with Crippen molar-refractivity contribution in [2.75, 3.05) is 7.11 Å². The minimum absolute atomic E-state index is 0. The molecule has 1 radical (unpaired) electrons. The first-order valence-corrected chi connectivity index (χ1v) is 11.6. The van der Waals surface area contributed by atoms with E-state index in [0.717, 1.165) is 28.2 Å². The van der Waals surface area contributed by atoms with E-state index in [1.54, 1.807) is 7.11 Å². The molecule has 3 rings (SSSR count). The molecule has 0 amide bonds. The number of carbonyl (C=O) groups is 1. The molecule has 1 aliphatic heterocycles. The molecule has 0 aromatic heterocycles. The Morgan fingerprint density at radius 3 is 2.00 bits per heavy atom. The van der Waals surface area contributed by atoms with Crippen molar-refractivity contribution in [3.05, 3.63) is 71.1 Å². The predicted octanol–water partition coefficient (Wildman–Crippen LogP) is 7.67. The van der Waals surface area contributed by atoms with E-state index in [4.69, 9.17) is 9.47 Å². The second-order valence-corrected chi connectivity index (χ2v) is 9.98. The molecule has 0 spiro atoms. The number of rotatable bonds is 3. The van der Waals surface area contributed by atoms with Gasteiger partial charge in [0.05, 0.1) is 7.11 Å².